The van der Waals surface area contributed by atoms with Gasteiger partial charge >= 0.3 is 0 Å². The number of nitrogens with zero attached hydrogens (tertiary/aromatic N) is 2. The average Bonchev–Trinajstić information content (AvgIpc) is 2.98. The fourth-order valence-corrected chi connectivity index (χ4v) is 2.57. The van der Waals surface area contributed by atoms with Crippen molar-refractivity contribution in [2.75, 3.05) is 13.1 Å². The molecule has 0 atom stereocenters. The van der Waals surface area contributed by atoms with Crippen molar-refractivity contribution in [3.05, 3.63) is 29.9 Å². The largest absolute Gasteiger partial charge is 0.330 e. The van der Waals surface area contributed by atoms with Crippen molar-refractivity contribution in [3.8, 4) is 10.7 Å². The Bertz CT molecular complexity index is 420. The second kappa shape index (κ2) is 6.57. The molecule has 2 aromatic rings. The van der Waals surface area contributed by atoms with Gasteiger partial charge in [0.15, 0.2) is 0 Å². The molecule has 4 heteroatoms. The Labute approximate surface area is 107 Å². The average molecular weight is 249 g/mol. The van der Waals surface area contributed by atoms with Crippen LogP contribution in [0.1, 0.15) is 19.8 Å². The Hall–Kier alpha value is -1.13. The number of hydrogen-bond acceptors (Lipinski definition) is 3. The van der Waals surface area contributed by atoms with E-state index in [2.05, 4.69) is 45.5 Å². The van der Waals surface area contributed by atoms with Crippen LogP contribution in [0.25, 0.3) is 10.7 Å². The fourth-order valence-electron chi connectivity index (χ4n) is 1.83. The number of nitrogens with one attached hydrogen (secondary N) is 1. The van der Waals surface area contributed by atoms with Crippen molar-refractivity contribution in [2.45, 2.75) is 26.3 Å². The van der Waals surface area contributed by atoms with Gasteiger partial charge in [0, 0.05) is 18.9 Å². The van der Waals surface area contributed by atoms with E-state index in [1.54, 1.807) is 11.3 Å². The maximum absolute atomic E-state index is 4.43. The number of aromatic nitrogens is 2. The predicted octanol–water partition coefficient (Wildman–Crippen LogP) is 3.00. The molecule has 2 aromatic heterocycles. The van der Waals surface area contributed by atoms with Crippen LogP contribution in [0.2, 0.25) is 0 Å². The third-order valence-electron chi connectivity index (χ3n) is 2.71. The van der Waals surface area contributed by atoms with Crippen LogP contribution in [0.5, 0.6) is 0 Å². The molecule has 0 saturated heterocycles. The molecule has 17 heavy (non-hydrogen) atoms. The van der Waals surface area contributed by atoms with Gasteiger partial charge in [-0.3, -0.25) is 0 Å². The first-order valence-electron chi connectivity index (χ1n) is 6.17. The van der Waals surface area contributed by atoms with Crippen LogP contribution in [0.4, 0.5) is 0 Å². The monoisotopic (exact) mass is 249 g/mol. The zero-order chi connectivity index (χ0) is 11.9. The van der Waals surface area contributed by atoms with Crippen molar-refractivity contribution >= 4 is 11.3 Å². The van der Waals surface area contributed by atoms with E-state index in [0.717, 1.165) is 25.5 Å². The fraction of sp³-hybridized carbons (Fsp3) is 0.462. The first-order valence-corrected chi connectivity index (χ1v) is 7.05. The summed E-state index contributed by atoms with van der Waals surface area (Å²) in [6, 6.07) is 4.20. The molecule has 0 aliphatic heterocycles. The molecule has 0 aromatic carbocycles. The lowest BCUT2D eigenvalue weighted by Crippen LogP contribution is -2.14. The van der Waals surface area contributed by atoms with Crippen LogP contribution in [0.3, 0.4) is 0 Å². The quantitative estimate of drug-likeness (QED) is 0.764. The summed E-state index contributed by atoms with van der Waals surface area (Å²) in [7, 11) is 0. The summed E-state index contributed by atoms with van der Waals surface area (Å²) in [5.41, 5.74) is 0. The van der Waals surface area contributed by atoms with Gasteiger partial charge in [-0.15, -0.1) is 11.3 Å². The van der Waals surface area contributed by atoms with E-state index in [4.69, 9.17) is 0 Å². The van der Waals surface area contributed by atoms with Gasteiger partial charge in [0.2, 0.25) is 0 Å². The van der Waals surface area contributed by atoms with Crippen LogP contribution in [-0.4, -0.2) is 22.6 Å². The number of imidazole rings is 1. The number of unbranched alkanes of at least 4 members (excludes halogenated alkanes) is 1. The molecule has 3 nitrogen and oxygen atoms in total. The molecule has 0 bridgehead atoms. The van der Waals surface area contributed by atoms with E-state index >= 15 is 0 Å². The molecule has 2 rings (SSSR count). The van der Waals surface area contributed by atoms with Crippen molar-refractivity contribution in [1.29, 1.82) is 0 Å². The molecule has 0 saturated carbocycles. The zero-order valence-corrected chi connectivity index (χ0v) is 11.0. The van der Waals surface area contributed by atoms with Gasteiger partial charge in [-0.25, -0.2) is 4.98 Å². The summed E-state index contributed by atoms with van der Waals surface area (Å²) < 4.78 is 2.25. The Kier molecular flexibility index (Phi) is 4.76. The molecular formula is C13H19N3S. The number of hydrogen-bond donors (Lipinski definition) is 1. The highest BCUT2D eigenvalue weighted by molar-refractivity contribution is 7.13. The van der Waals surface area contributed by atoms with Gasteiger partial charge in [-0.05, 0) is 37.4 Å². The number of aryl methyl sites for hydroxylation is 1. The molecule has 0 amide bonds. The third kappa shape index (κ3) is 3.41. The highest BCUT2D eigenvalue weighted by Crippen LogP contribution is 2.22. The molecule has 0 spiro atoms. The Morgan fingerprint density at radius 3 is 3.12 bits per heavy atom. The highest BCUT2D eigenvalue weighted by Gasteiger charge is 2.05. The Balaban J connectivity index is 1.87. The summed E-state index contributed by atoms with van der Waals surface area (Å²) >= 11 is 1.75. The lowest BCUT2D eigenvalue weighted by Gasteiger charge is -2.06. The van der Waals surface area contributed by atoms with Crippen LogP contribution in [0, 0.1) is 0 Å². The molecule has 0 aliphatic rings. The van der Waals surface area contributed by atoms with Crippen molar-refractivity contribution < 1.29 is 0 Å². The molecule has 1 N–H and O–H groups in total. The van der Waals surface area contributed by atoms with Crippen molar-refractivity contribution in [1.82, 2.24) is 14.9 Å². The van der Waals surface area contributed by atoms with E-state index in [0.29, 0.717) is 0 Å². The maximum Gasteiger partial charge on any atom is 0.149 e. The minimum Gasteiger partial charge on any atom is -0.330 e. The van der Waals surface area contributed by atoms with Crippen LogP contribution >= 0.6 is 11.3 Å². The van der Waals surface area contributed by atoms with E-state index in [-0.39, 0.29) is 0 Å². The van der Waals surface area contributed by atoms with Gasteiger partial charge in [0.1, 0.15) is 5.82 Å². The Morgan fingerprint density at radius 2 is 2.35 bits per heavy atom. The van der Waals surface area contributed by atoms with E-state index in [1.165, 1.54) is 17.7 Å². The molecule has 2 heterocycles. The molecular weight excluding hydrogens is 230 g/mol. The SMILES string of the molecule is CCNCCCCn1ccnc1-c1cccs1. The summed E-state index contributed by atoms with van der Waals surface area (Å²) in [4.78, 5) is 5.68. The standard InChI is InChI=1S/C13H19N3S/c1-2-14-7-3-4-9-16-10-8-15-13(16)12-6-5-11-17-12/h5-6,8,10-11,14H,2-4,7,9H2,1H3. The van der Waals surface area contributed by atoms with E-state index < -0.39 is 0 Å². The highest BCUT2D eigenvalue weighted by atomic mass is 32.1. The normalized spacial score (nSPS) is 10.9. The van der Waals surface area contributed by atoms with E-state index in [1.807, 2.05) is 6.20 Å². The van der Waals surface area contributed by atoms with Gasteiger partial charge in [-0.1, -0.05) is 13.0 Å². The zero-order valence-electron chi connectivity index (χ0n) is 10.2. The van der Waals surface area contributed by atoms with Gasteiger partial charge < -0.3 is 9.88 Å². The minimum atomic E-state index is 1.05. The van der Waals surface area contributed by atoms with E-state index in [9.17, 15) is 0 Å². The van der Waals surface area contributed by atoms with Gasteiger partial charge in [-0.2, -0.15) is 0 Å². The second-order valence-electron chi connectivity index (χ2n) is 3.98. The molecule has 0 radical (unpaired) electrons. The third-order valence-corrected chi connectivity index (χ3v) is 3.58. The number of thiophene rings is 1. The first-order chi connectivity index (χ1) is 8.42. The molecule has 0 unspecified atom stereocenters. The lowest BCUT2D eigenvalue weighted by atomic mass is 10.3. The maximum atomic E-state index is 4.43. The summed E-state index contributed by atoms with van der Waals surface area (Å²) in [6.45, 7) is 5.37. The Morgan fingerprint density at radius 1 is 1.41 bits per heavy atom. The lowest BCUT2D eigenvalue weighted by molar-refractivity contribution is 0.580. The van der Waals surface area contributed by atoms with Crippen LogP contribution < -0.4 is 5.32 Å². The van der Waals surface area contributed by atoms with Crippen molar-refractivity contribution in [3.63, 3.8) is 0 Å². The topological polar surface area (TPSA) is 29.9 Å². The second-order valence-corrected chi connectivity index (χ2v) is 4.93. The summed E-state index contributed by atoms with van der Waals surface area (Å²) in [5, 5.41) is 5.44. The first kappa shape index (κ1) is 12.3. The smallest absolute Gasteiger partial charge is 0.149 e. The summed E-state index contributed by atoms with van der Waals surface area (Å²) in [6.07, 6.45) is 6.37. The van der Waals surface area contributed by atoms with Crippen molar-refractivity contribution in [2.24, 2.45) is 0 Å². The van der Waals surface area contributed by atoms with Crippen LogP contribution in [0.15, 0.2) is 29.9 Å². The molecule has 92 valence electrons. The molecule has 0 aliphatic carbocycles. The molecule has 0 fully saturated rings. The van der Waals surface area contributed by atoms with Crippen LogP contribution in [-0.2, 0) is 6.54 Å². The minimum absolute atomic E-state index is 1.05. The number of rotatable bonds is 7. The van der Waals surface area contributed by atoms with Gasteiger partial charge in [0.05, 0.1) is 4.88 Å². The summed E-state index contributed by atoms with van der Waals surface area (Å²) in [5.74, 6) is 1.10. The van der Waals surface area contributed by atoms with Gasteiger partial charge in [0.25, 0.3) is 0 Å². The predicted molar refractivity (Wildman–Crippen MR) is 73.3 cm³/mol.